The van der Waals surface area contributed by atoms with Crippen LogP contribution in [0.4, 0.5) is 0 Å². The van der Waals surface area contributed by atoms with E-state index in [1.807, 2.05) is 36.4 Å². The number of nitrogens with zero attached hydrogens (tertiary/aromatic N) is 1. The third kappa shape index (κ3) is 11.4. The first-order chi connectivity index (χ1) is 5.27. The van der Waals surface area contributed by atoms with Crippen molar-refractivity contribution in [3.05, 3.63) is 36.4 Å². The van der Waals surface area contributed by atoms with Crippen molar-refractivity contribution in [3.8, 4) is 0 Å². The summed E-state index contributed by atoms with van der Waals surface area (Å²) in [6.07, 6.45) is 0.750. The summed E-state index contributed by atoms with van der Waals surface area (Å²) in [5, 5.41) is 0. The molecule has 0 unspecified atom stereocenters. The summed E-state index contributed by atoms with van der Waals surface area (Å²) in [5.41, 5.74) is 0. The largest absolute Gasteiger partial charge is 0.412 e. The third-order valence-corrected chi connectivity index (χ3v) is 0.877. The zero-order valence-corrected chi connectivity index (χ0v) is 7.40. The molecule has 12 heavy (non-hydrogen) atoms. The van der Waals surface area contributed by atoms with E-state index in [4.69, 9.17) is 0 Å². The zero-order chi connectivity index (χ0) is 8.53. The van der Waals surface area contributed by atoms with Crippen LogP contribution in [0.1, 0.15) is 0 Å². The lowest BCUT2D eigenvalue weighted by Gasteiger charge is -1.93. The van der Waals surface area contributed by atoms with Crippen LogP contribution >= 0.6 is 0 Å². The van der Waals surface area contributed by atoms with Crippen LogP contribution in [0.15, 0.2) is 36.4 Å². The van der Waals surface area contributed by atoms with Crippen molar-refractivity contribution < 1.29 is 10.3 Å². The molecule has 1 aromatic carbocycles. The summed E-state index contributed by atoms with van der Waals surface area (Å²) in [6.45, 7) is 0. The first-order valence-corrected chi connectivity index (χ1v) is 3.39. The highest BCUT2D eigenvalue weighted by Crippen LogP contribution is 1.79. The second-order valence-corrected chi connectivity index (χ2v) is 2.22. The lowest BCUT2D eigenvalue weighted by atomic mass is 10.4. The molecular formula is C9H15NO2. The summed E-state index contributed by atoms with van der Waals surface area (Å²) < 4.78 is 0. The lowest BCUT2D eigenvalue weighted by Crippen LogP contribution is -2.06. The van der Waals surface area contributed by atoms with Gasteiger partial charge >= 0.3 is 0 Å². The molecule has 0 radical (unpaired) electrons. The summed E-state index contributed by atoms with van der Waals surface area (Å²) in [6, 6.07) is 12.0. The minimum Gasteiger partial charge on any atom is -0.412 e. The SMILES string of the molecule is CN(C)C=O.O.c1ccccc1. The number of rotatable bonds is 1. The number of carbonyl (C=O) groups is 1. The second kappa shape index (κ2) is 9.65. The Bertz CT molecular complexity index is 148. The van der Waals surface area contributed by atoms with Gasteiger partial charge in [-0.15, -0.1) is 0 Å². The van der Waals surface area contributed by atoms with Crippen LogP contribution in [0.2, 0.25) is 0 Å². The van der Waals surface area contributed by atoms with E-state index in [1.165, 1.54) is 4.90 Å². The van der Waals surface area contributed by atoms with Gasteiger partial charge in [0.2, 0.25) is 6.41 Å². The molecule has 2 N–H and O–H groups in total. The molecule has 0 aliphatic heterocycles. The van der Waals surface area contributed by atoms with Crippen LogP contribution < -0.4 is 0 Å². The van der Waals surface area contributed by atoms with Crippen molar-refractivity contribution in [2.45, 2.75) is 0 Å². The zero-order valence-electron chi connectivity index (χ0n) is 7.40. The van der Waals surface area contributed by atoms with E-state index in [1.54, 1.807) is 14.1 Å². The van der Waals surface area contributed by atoms with Crippen molar-refractivity contribution in [1.29, 1.82) is 0 Å². The number of hydrogen-bond donors (Lipinski definition) is 0. The van der Waals surface area contributed by atoms with E-state index in [0.29, 0.717) is 0 Å². The molecule has 1 rings (SSSR count). The quantitative estimate of drug-likeness (QED) is 0.567. The Morgan fingerprint density at radius 1 is 0.917 bits per heavy atom. The highest BCUT2D eigenvalue weighted by Gasteiger charge is 1.68. The minimum absolute atomic E-state index is 0. The molecule has 0 spiro atoms. The summed E-state index contributed by atoms with van der Waals surface area (Å²) in [4.78, 5) is 10.9. The topological polar surface area (TPSA) is 51.8 Å². The maximum absolute atomic E-state index is 9.43. The molecule has 0 saturated heterocycles. The summed E-state index contributed by atoms with van der Waals surface area (Å²) >= 11 is 0. The first kappa shape index (κ1) is 13.3. The maximum Gasteiger partial charge on any atom is 0.209 e. The number of carbonyl (C=O) groups excluding carboxylic acids is 1. The normalized spacial score (nSPS) is 6.83. The van der Waals surface area contributed by atoms with Gasteiger partial charge in [0.1, 0.15) is 0 Å². The molecule has 0 saturated carbocycles. The van der Waals surface area contributed by atoms with Crippen molar-refractivity contribution >= 4 is 6.41 Å². The van der Waals surface area contributed by atoms with Gasteiger partial charge in [-0.25, -0.2) is 0 Å². The van der Waals surface area contributed by atoms with E-state index >= 15 is 0 Å². The van der Waals surface area contributed by atoms with Crippen molar-refractivity contribution in [1.82, 2.24) is 4.90 Å². The first-order valence-electron chi connectivity index (χ1n) is 3.39. The van der Waals surface area contributed by atoms with Gasteiger partial charge in [0.05, 0.1) is 0 Å². The Hall–Kier alpha value is -1.35. The summed E-state index contributed by atoms with van der Waals surface area (Å²) in [7, 11) is 3.38. The van der Waals surface area contributed by atoms with E-state index < -0.39 is 0 Å². The molecule has 0 heterocycles. The van der Waals surface area contributed by atoms with Crippen LogP contribution in [0.3, 0.4) is 0 Å². The van der Waals surface area contributed by atoms with Gasteiger partial charge in [-0.2, -0.15) is 0 Å². The van der Waals surface area contributed by atoms with E-state index in [-0.39, 0.29) is 5.48 Å². The number of hydrogen-bond acceptors (Lipinski definition) is 1. The average molecular weight is 169 g/mol. The Morgan fingerprint density at radius 3 is 1.17 bits per heavy atom. The third-order valence-electron chi connectivity index (χ3n) is 0.877. The van der Waals surface area contributed by atoms with Crippen molar-refractivity contribution in [2.24, 2.45) is 0 Å². The van der Waals surface area contributed by atoms with E-state index in [2.05, 4.69) is 0 Å². The van der Waals surface area contributed by atoms with Gasteiger partial charge in [0.15, 0.2) is 0 Å². The Kier molecular flexibility index (Phi) is 10.7. The van der Waals surface area contributed by atoms with Gasteiger partial charge < -0.3 is 10.4 Å². The Morgan fingerprint density at radius 2 is 1.08 bits per heavy atom. The minimum atomic E-state index is 0. The monoisotopic (exact) mass is 169 g/mol. The molecule has 0 aromatic heterocycles. The predicted molar refractivity (Wildman–Crippen MR) is 49.8 cm³/mol. The molecule has 0 aliphatic rings. The highest BCUT2D eigenvalue weighted by atomic mass is 16.1. The molecule has 0 atom stereocenters. The van der Waals surface area contributed by atoms with Crippen LogP contribution in [0, 0.1) is 0 Å². The van der Waals surface area contributed by atoms with Crippen LogP contribution in [-0.4, -0.2) is 30.9 Å². The lowest BCUT2D eigenvalue weighted by molar-refractivity contribution is -0.115. The van der Waals surface area contributed by atoms with Gasteiger partial charge in [-0.05, 0) is 0 Å². The molecule has 3 nitrogen and oxygen atoms in total. The van der Waals surface area contributed by atoms with Gasteiger partial charge in [-0.3, -0.25) is 4.79 Å². The number of benzene rings is 1. The summed E-state index contributed by atoms with van der Waals surface area (Å²) in [5.74, 6) is 0. The Balaban J connectivity index is 0. The van der Waals surface area contributed by atoms with Gasteiger partial charge in [0.25, 0.3) is 0 Å². The van der Waals surface area contributed by atoms with Gasteiger partial charge in [0, 0.05) is 14.1 Å². The van der Waals surface area contributed by atoms with Crippen LogP contribution in [0.25, 0.3) is 0 Å². The molecule has 0 fully saturated rings. The molecule has 0 bridgehead atoms. The average Bonchev–Trinajstić information content (AvgIpc) is 2.09. The van der Waals surface area contributed by atoms with Gasteiger partial charge in [-0.1, -0.05) is 36.4 Å². The van der Waals surface area contributed by atoms with Crippen molar-refractivity contribution in [3.63, 3.8) is 0 Å². The fraction of sp³-hybridized carbons (Fsp3) is 0.222. The van der Waals surface area contributed by atoms with E-state index in [9.17, 15) is 4.79 Å². The molecule has 1 amide bonds. The predicted octanol–water partition coefficient (Wildman–Crippen LogP) is 0.566. The van der Waals surface area contributed by atoms with Crippen LogP contribution in [0.5, 0.6) is 0 Å². The molecular weight excluding hydrogens is 154 g/mol. The standard InChI is InChI=1S/C6H6.C3H7NO.H2O/c1-2-4-6-5-3-1;1-4(2)3-5;/h1-6H;3H,1-2H3;1H2. The fourth-order valence-corrected chi connectivity index (χ4v) is 0.385. The molecule has 3 heteroatoms. The Labute approximate surface area is 72.9 Å². The molecule has 1 aromatic rings. The highest BCUT2D eigenvalue weighted by molar-refractivity contribution is 5.45. The smallest absolute Gasteiger partial charge is 0.209 e. The number of amides is 1. The molecule has 68 valence electrons. The maximum atomic E-state index is 9.43. The molecule has 0 aliphatic carbocycles. The van der Waals surface area contributed by atoms with E-state index in [0.717, 1.165) is 6.41 Å². The fourth-order valence-electron chi connectivity index (χ4n) is 0.385. The van der Waals surface area contributed by atoms with Crippen molar-refractivity contribution in [2.75, 3.05) is 14.1 Å². The second-order valence-electron chi connectivity index (χ2n) is 2.22. The van der Waals surface area contributed by atoms with Crippen LogP contribution in [-0.2, 0) is 4.79 Å².